The van der Waals surface area contributed by atoms with Crippen LogP contribution in [0.3, 0.4) is 0 Å². The highest BCUT2D eigenvalue weighted by Crippen LogP contribution is 2.34. The van der Waals surface area contributed by atoms with Gasteiger partial charge in [0.1, 0.15) is 0 Å². The number of hydrogen-bond donors (Lipinski definition) is 2. The Kier molecular flexibility index (Phi) is 4.03. The smallest absolute Gasteiger partial charge is 0.243 e. The van der Waals surface area contributed by atoms with Gasteiger partial charge in [-0.05, 0) is 31.0 Å². The summed E-state index contributed by atoms with van der Waals surface area (Å²) in [6, 6.07) is 2.93. The molecule has 3 N–H and O–H groups in total. The van der Waals surface area contributed by atoms with Gasteiger partial charge in [0.2, 0.25) is 10.0 Å². The van der Waals surface area contributed by atoms with E-state index in [1.165, 1.54) is 16.4 Å². The normalized spacial score (nSPS) is 18.8. The third-order valence-electron chi connectivity index (χ3n) is 3.64. The zero-order valence-electron chi connectivity index (χ0n) is 11.6. The molecule has 0 amide bonds. The third-order valence-corrected chi connectivity index (χ3v) is 5.78. The Bertz CT molecular complexity index is 625. The lowest BCUT2D eigenvalue weighted by molar-refractivity contribution is -0.0653. The van der Waals surface area contributed by atoms with E-state index < -0.39 is 15.6 Å². The van der Waals surface area contributed by atoms with Gasteiger partial charge in [-0.25, -0.2) is 8.42 Å². The zero-order chi connectivity index (χ0) is 15.1. The first-order valence-electron chi connectivity index (χ1n) is 6.48. The van der Waals surface area contributed by atoms with Crippen LogP contribution in [0.2, 0.25) is 5.02 Å². The molecule has 2 rings (SSSR count). The first-order valence-corrected chi connectivity index (χ1v) is 8.29. The molecular weight excluding hydrogens is 300 g/mol. The van der Waals surface area contributed by atoms with Crippen LogP contribution in [0.1, 0.15) is 25.3 Å². The van der Waals surface area contributed by atoms with Crippen LogP contribution in [0.5, 0.6) is 0 Å². The van der Waals surface area contributed by atoms with E-state index in [0.717, 1.165) is 6.42 Å². The van der Waals surface area contributed by atoms with Gasteiger partial charge in [-0.15, -0.1) is 0 Å². The van der Waals surface area contributed by atoms with Crippen LogP contribution in [0.15, 0.2) is 17.0 Å². The van der Waals surface area contributed by atoms with Gasteiger partial charge in [0.05, 0.1) is 10.5 Å². The van der Waals surface area contributed by atoms with Gasteiger partial charge >= 0.3 is 0 Å². The van der Waals surface area contributed by atoms with Gasteiger partial charge in [0.25, 0.3) is 0 Å². The summed E-state index contributed by atoms with van der Waals surface area (Å²) in [5.74, 6) is 0. The molecule has 0 saturated carbocycles. The van der Waals surface area contributed by atoms with Gasteiger partial charge in [-0.3, -0.25) is 0 Å². The van der Waals surface area contributed by atoms with Crippen LogP contribution in [-0.2, 0) is 10.0 Å². The summed E-state index contributed by atoms with van der Waals surface area (Å²) in [6.07, 6.45) is 1.41. The van der Waals surface area contributed by atoms with Crippen molar-refractivity contribution in [3.05, 3.63) is 22.7 Å². The fourth-order valence-corrected chi connectivity index (χ4v) is 4.66. The second kappa shape index (κ2) is 5.18. The molecule has 1 saturated heterocycles. The van der Waals surface area contributed by atoms with E-state index >= 15 is 0 Å². The molecule has 1 aromatic carbocycles. The molecule has 5 nitrogen and oxygen atoms in total. The Labute approximate surface area is 124 Å². The number of sulfonamides is 1. The fourth-order valence-electron chi connectivity index (χ4n) is 2.48. The molecular formula is C13H19ClN2O3S. The van der Waals surface area contributed by atoms with Crippen molar-refractivity contribution in [1.82, 2.24) is 4.31 Å². The number of hydrogen-bond acceptors (Lipinski definition) is 4. The largest absolute Gasteiger partial charge is 0.398 e. The molecule has 1 fully saturated rings. The number of β-amino-alcohol motifs (C(OH)–C–C–N with tert-alkyl or cyclic N) is 1. The summed E-state index contributed by atoms with van der Waals surface area (Å²) >= 11 is 5.89. The molecule has 0 spiro atoms. The molecule has 0 aliphatic carbocycles. The monoisotopic (exact) mass is 318 g/mol. The Morgan fingerprint density at radius 1 is 1.45 bits per heavy atom. The van der Waals surface area contributed by atoms with Crippen LogP contribution >= 0.6 is 11.6 Å². The van der Waals surface area contributed by atoms with Crippen molar-refractivity contribution in [3.63, 3.8) is 0 Å². The van der Waals surface area contributed by atoms with Crippen molar-refractivity contribution >= 4 is 27.3 Å². The third kappa shape index (κ3) is 2.65. The highest BCUT2D eigenvalue weighted by atomic mass is 35.5. The van der Waals surface area contributed by atoms with Gasteiger partial charge in [-0.1, -0.05) is 24.9 Å². The summed E-state index contributed by atoms with van der Waals surface area (Å²) in [5, 5.41) is 10.4. The van der Waals surface area contributed by atoms with Crippen molar-refractivity contribution in [2.24, 2.45) is 0 Å². The number of rotatable bonds is 4. The number of nitrogens with two attached hydrogens (primary N) is 1. The minimum Gasteiger partial charge on any atom is -0.398 e. The van der Waals surface area contributed by atoms with Gasteiger partial charge in [0.15, 0.2) is 0 Å². The summed E-state index contributed by atoms with van der Waals surface area (Å²) in [4.78, 5) is 0.112. The SMILES string of the molecule is CCCC1(O)CN(S(=O)(=O)c2cc(Cl)cc(N)c2C)C1. The first-order chi connectivity index (χ1) is 9.19. The maximum atomic E-state index is 12.5. The Balaban J connectivity index is 2.30. The lowest BCUT2D eigenvalue weighted by Crippen LogP contribution is -2.63. The van der Waals surface area contributed by atoms with Crippen LogP contribution in [0, 0.1) is 6.92 Å². The quantitative estimate of drug-likeness (QED) is 0.829. The van der Waals surface area contributed by atoms with E-state index in [0.29, 0.717) is 17.7 Å². The van der Waals surface area contributed by atoms with E-state index in [-0.39, 0.29) is 23.0 Å². The van der Waals surface area contributed by atoms with Gasteiger partial charge < -0.3 is 10.8 Å². The molecule has 7 heteroatoms. The molecule has 20 heavy (non-hydrogen) atoms. The topological polar surface area (TPSA) is 83.6 Å². The van der Waals surface area contributed by atoms with Crippen LogP contribution in [0.25, 0.3) is 0 Å². The van der Waals surface area contributed by atoms with Crippen molar-refractivity contribution in [2.75, 3.05) is 18.8 Å². The number of aliphatic hydroxyl groups is 1. The molecule has 0 atom stereocenters. The zero-order valence-corrected chi connectivity index (χ0v) is 13.1. The Morgan fingerprint density at radius 3 is 2.60 bits per heavy atom. The number of benzene rings is 1. The predicted molar refractivity (Wildman–Crippen MR) is 79.2 cm³/mol. The molecule has 1 aliphatic rings. The van der Waals surface area contributed by atoms with Crippen molar-refractivity contribution < 1.29 is 13.5 Å². The summed E-state index contributed by atoms with van der Waals surface area (Å²) in [7, 11) is -3.66. The number of nitrogens with zero attached hydrogens (tertiary/aromatic N) is 1. The minimum atomic E-state index is -3.66. The van der Waals surface area contributed by atoms with E-state index in [9.17, 15) is 13.5 Å². The van der Waals surface area contributed by atoms with E-state index in [2.05, 4.69) is 0 Å². The average Bonchev–Trinajstić information content (AvgIpc) is 2.30. The molecule has 0 radical (unpaired) electrons. The minimum absolute atomic E-state index is 0.112. The van der Waals surface area contributed by atoms with Crippen LogP contribution in [-0.4, -0.2) is 36.5 Å². The van der Waals surface area contributed by atoms with Gasteiger partial charge in [0, 0.05) is 23.8 Å². The highest BCUT2D eigenvalue weighted by molar-refractivity contribution is 7.89. The lowest BCUT2D eigenvalue weighted by Gasteiger charge is -2.45. The molecule has 1 aliphatic heterocycles. The Morgan fingerprint density at radius 2 is 2.05 bits per heavy atom. The maximum absolute atomic E-state index is 12.5. The standard InChI is InChI=1S/C13H19ClN2O3S/c1-3-4-13(17)7-16(8-13)20(18,19)12-6-10(14)5-11(15)9(12)2/h5-6,17H,3-4,7-8,15H2,1-2H3. The van der Waals surface area contributed by atoms with E-state index in [1.54, 1.807) is 6.92 Å². The van der Waals surface area contributed by atoms with Crippen molar-refractivity contribution in [3.8, 4) is 0 Å². The van der Waals surface area contributed by atoms with Crippen LogP contribution in [0.4, 0.5) is 5.69 Å². The van der Waals surface area contributed by atoms with Gasteiger partial charge in [-0.2, -0.15) is 4.31 Å². The number of halogens is 1. The molecule has 1 aromatic rings. The molecule has 0 bridgehead atoms. The van der Waals surface area contributed by atoms with E-state index in [4.69, 9.17) is 17.3 Å². The maximum Gasteiger partial charge on any atom is 0.243 e. The molecule has 1 heterocycles. The predicted octanol–water partition coefficient (Wildman–Crippen LogP) is 1.77. The van der Waals surface area contributed by atoms with E-state index in [1.807, 2.05) is 6.92 Å². The average molecular weight is 319 g/mol. The Hall–Kier alpha value is -0.820. The van der Waals surface area contributed by atoms with Crippen LogP contribution < -0.4 is 5.73 Å². The first kappa shape index (κ1) is 15.6. The second-order valence-electron chi connectivity index (χ2n) is 5.37. The van der Waals surface area contributed by atoms with Crippen molar-refractivity contribution in [2.45, 2.75) is 37.2 Å². The highest BCUT2D eigenvalue weighted by Gasteiger charge is 2.46. The number of anilines is 1. The van der Waals surface area contributed by atoms with Crippen molar-refractivity contribution in [1.29, 1.82) is 0 Å². The second-order valence-corrected chi connectivity index (χ2v) is 7.71. The molecule has 0 aromatic heterocycles. The number of nitrogen functional groups attached to an aromatic ring is 1. The lowest BCUT2D eigenvalue weighted by atomic mass is 9.92. The summed E-state index contributed by atoms with van der Waals surface area (Å²) < 4.78 is 26.3. The molecule has 112 valence electrons. The molecule has 0 unspecified atom stereocenters. The fraction of sp³-hybridized carbons (Fsp3) is 0.538. The summed E-state index contributed by atoms with van der Waals surface area (Å²) in [6.45, 7) is 3.84. The summed E-state index contributed by atoms with van der Waals surface area (Å²) in [5.41, 5.74) is 5.69.